The van der Waals surface area contributed by atoms with Crippen molar-refractivity contribution in [3.63, 3.8) is 0 Å². The van der Waals surface area contributed by atoms with Gasteiger partial charge in [-0.05, 0) is 75.4 Å². The van der Waals surface area contributed by atoms with Crippen molar-refractivity contribution in [3.05, 3.63) is 29.8 Å². The Hall–Kier alpha value is -1.35. The van der Waals surface area contributed by atoms with Crippen molar-refractivity contribution >= 4 is 5.78 Å². The number of rotatable bonds is 6. The standard InChI is InChI=1S/C17H23NO2/c19-17(10-3-13-2-1-11-18-12-13)14-4-6-15(7-5-14)20-16-8-9-16/h4-7,13,16,18H,1-3,8-12H2. The summed E-state index contributed by atoms with van der Waals surface area (Å²) in [6, 6.07) is 7.65. The topological polar surface area (TPSA) is 38.3 Å². The van der Waals surface area contributed by atoms with Gasteiger partial charge < -0.3 is 10.1 Å². The van der Waals surface area contributed by atoms with Gasteiger partial charge in [-0.15, -0.1) is 0 Å². The molecule has 3 nitrogen and oxygen atoms in total. The van der Waals surface area contributed by atoms with E-state index in [1.807, 2.05) is 24.3 Å². The maximum atomic E-state index is 12.2. The molecule has 1 aliphatic carbocycles. The van der Waals surface area contributed by atoms with Gasteiger partial charge >= 0.3 is 0 Å². The molecular formula is C17H23NO2. The van der Waals surface area contributed by atoms with E-state index >= 15 is 0 Å². The smallest absolute Gasteiger partial charge is 0.162 e. The van der Waals surface area contributed by atoms with Crippen LogP contribution >= 0.6 is 0 Å². The SMILES string of the molecule is O=C(CCC1CCCNC1)c1ccc(OC2CC2)cc1. The summed E-state index contributed by atoms with van der Waals surface area (Å²) < 4.78 is 5.70. The van der Waals surface area contributed by atoms with Crippen molar-refractivity contribution in [2.45, 2.75) is 44.6 Å². The fourth-order valence-electron chi connectivity index (χ4n) is 2.75. The highest BCUT2D eigenvalue weighted by Gasteiger charge is 2.23. The molecule has 0 radical (unpaired) electrons. The number of nitrogens with one attached hydrogen (secondary N) is 1. The van der Waals surface area contributed by atoms with Crippen LogP contribution < -0.4 is 10.1 Å². The highest BCUT2D eigenvalue weighted by atomic mass is 16.5. The molecule has 20 heavy (non-hydrogen) atoms. The van der Waals surface area contributed by atoms with Crippen LogP contribution in [0.1, 0.15) is 48.9 Å². The van der Waals surface area contributed by atoms with E-state index in [0.29, 0.717) is 18.4 Å². The van der Waals surface area contributed by atoms with Crippen LogP contribution in [0.4, 0.5) is 0 Å². The molecule has 1 saturated carbocycles. The first kappa shape index (κ1) is 13.6. The molecule has 1 saturated heterocycles. The summed E-state index contributed by atoms with van der Waals surface area (Å²) in [7, 11) is 0. The lowest BCUT2D eigenvalue weighted by Crippen LogP contribution is -2.30. The molecule has 108 valence electrons. The zero-order valence-electron chi connectivity index (χ0n) is 11.9. The highest BCUT2D eigenvalue weighted by Crippen LogP contribution is 2.27. The maximum Gasteiger partial charge on any atom is 0.162 e. The second-order valence-corrected chi connectivity index (χ2v) is 6.02. The van der Waals surface area contributed by atoms with Gasteiger partial charge in [0.2, 0.25) is 0 Å². The van der Waals surface area contributed by atoms with Gasteiger partial charge in [0.25, 0.3) is 0 Å². The van der Waals surface area contributed by atoms with E-state index in [4.69, 9.17) is 4.74 Å². The summed E-state index contributed by atoms with van der Waals surface area (Å²) in [5.41, 5.74) is 0.817. The minimum Gasteiger partial charge on any atom is -0.490 e. The summed E-state index contributed by atoms with van der Waals surface area (Å²) in [5, 5.41) is 3.40. The molecule has 1 atom stereocenters. The monoisotopic (exact) mass is 273 g/mol. The minimum absolute atomic E-state index is 0.258. The lowest BCUT2D eigenvalue weighted by Gasteiger charge is -2.22. The number of Topliss-reactive ketones (excluding diaryl/α,β-unsaturated/α-hetero) is 1. The van der Waals surface area contributed by atoms with Crippen molar-refractivity contribution in [1.82, 2.24) is 5.32 Å². The van der Waals surface area contributed by atoms with Gasteiger partial charge in [0.1, 0.15) is 5.75 Å². The molecular weight excluding hydrogens is 250 g/mol. The Morgan fingerprint density at radius 2 is 2.00 bits per heavy atom. The first-order valence-corrected chi connectivity index (χ1v) is 7.82. The number of carbonyl (C=O) groups is 1. The number of benzene rings is 1. The molecule has 1 heterocycles. The number of hydrogen-bond acceptors (Lipinski definition) is 3. The van der Waals surface area contributed by atoms with Crippen molar-refractivity contribution < 1.29 is 9.53 Å². The first-order valence-electron chi connectivity index (χ1n) is 7.82. The molecule has 1 aromatic rings. The lowest BCUT2D eigenvalue weighted by molar-refractivity contribution is 0.0971. The summed E-state index contributed by atoms with van der Waals surface area (Å²) in [4.78, 5) is 12.2. The molecule has 1 unspecified atom stereocenters. The Morgan fingerprint density at radius 3 is 2.65 bits per heavy atom. The van der Waals surface area contributed by atoms with Gasteiger partial charge in [0.15, 0.2) is 5.78 Å². The van der Waals surface area contributed by atoms with Crippen LogP contribution in [-0.2, 0) is 0 Å². The molecule has 0 spiro atoms. The van der Waals surface area contributed by atoms with Crippen molar-refractivity contribution in [1.29, 1.82) is 0 Å². The Bertz CT molecular complexity index is 445. The third-order valence-corrected chi connectivity index (χ3v) is 4.18. The van der Waals surface area contributed by atoms with Gasteiger partial charge in [-0.2, -0.15) is 0 Å². The molecule has 2 fully saturated rings. The van der Waals surface area contributed by atoms with Crippen LogP contribution in [0.15, 0.2) is 24.3 Å². The minimum atomic E-state index is 0.258. The van der Waals surface area contributed by atoms with Gasteiger partial charge in [-0.25, -0.2) is 0 Å². The van der Waals surface area contributed by atoms with Crippen molar-refractivity contribution in [3.8, 4) is 5.75 Å². The summed E-state index contributed by atoms with van der Waals surface area (Å²) >= 11 is 0. The Balaban J connectivity index is 1.48. The van der Waals surface area contributed by atoms with E-state index in [2.05, 4.69) is 5.32 Å². The van der Waals surface area contributed by atoms with Crippen molar-refractivity contribution in [2.75, 3.05) is 13.1 Å². The number of ketones is 1. The molecule has 0 aromatic heterocycles. The summed E-state index contributed by atoms with van der Waals surface area (Å²) in [6.07, 6.45) is 6.91. The number of carbonyl (C=O) groups excluding carboxylic acids is 1. The summed E-state index contributed by atoms with van der Waals surface area (Å²) in [5.74, 6) is 1.82. The zero-order valence-corrected chi connectivity index (χ0v) is 11.9. The zero-order chi connectivity index (χ0) is 13.8. The van der Waals surface area contributed by atoms with Gasteiger partial charge in [0.05, 0.1) is 6.10 Å². The fraction of sp³-hybridized carbons (Fsp3) is 0.588. The average molecular weight is 273 g/mol. The predicted molar refractivity (Wildman–Crippen MR) is 79.3 cm³/mol. The second-order valence-electron chi connectivity index (χ2n) is 6.02. The van der Waals surface area contributed by atoms with E-state index in [1.165, 1.54) is 12.8 Å². The Labute approximate surface area is 120 Å². The van der Waals surface area contributed by atoms with Crippen LogP contribution in [0.5, 0.6) is 5.75 Å². The average Bonchev–Trinajstić information content (AvgIpc) is 3.31. The number of hydrogen-bond donors (Lipinski definition) is 1. The molecule has 3 heteroatoms. The number of piperidine rings is 1. The summed E-state index contributed by atoms with van der Waals surface area (Å²) in [6.45, 7) is 2.20. The van der Waals surface area contributed by atoms with Crippen molar-refractivity contribution in [2.24, 2.45) is 5.92 Å². The highest BCUT2D eigenvalue weighted by molar-refractivity contribution is 5.96. The third-order valence-electron chi connectivity index (χ3n) is 4.18. The molecule has 3 rings (SSSR count). The van der Waals surface area contributed by atoms with Gasteiger partial charge in [-0.1, -0.05) is 0 Å². The molecule has 1 N–H and O–H groups in total. The predicted octanol–water partition coefficient (Wildman–Crippen LogP) is 3.19. The van der Waals surface area contributed by atoms with Gasteiger partial charge in [-0.3, -0.25) is 4.79 Å². The van der Waals surface area contributed by atoms with Crippen LogP contribution in [-0.4, -0.2) is 25.0 Å². The third kappa shape index (κ3) is 3.83. The van der Waals surface area contributed by atoms with Crippen LogP contribution in [0.25, 0.3) is 0 Å². The first-order chi connectivity index (χ1) is 9.81. The molecule has 0 bridgehead atoms. The molecule has 1 aromatic carbocycles. The molecule has 1 aliphatic heterocycles. The number of ether oxygens (including phenoxy) is 1. The second kappa shape index (κ2) is 6.40. The van der Waals surface area contributed by atoms with E-state index < -0.39 is 0 Å². The van der Waals surface area contributed by atoms with Gasteiger partial charge in [0, 0.05) is 12.0 Å². The van der Waals surface area contributed by atoms with E-state index in [0.717, 1.165) is 43.7 Å². The normalized spacial score (nSPS) is 22.5. The van der Waals surface area contributed by atoms with Crippen LogP contribution in [0, 0.1) is 5.92 Å². The van der Waals surface area contributed by atoms with E-state index in [1.54, 1.807) is 0 Å². The molecule has 2 aliphatic rings. The van der Waals surface area contributed by atoms with E-state index in [-0.39, 0.29) is 5.78 Å². The Morgan fingerprint density at radius 1 is 1.20 bits per heavy atom. The van der Waals surface area contributed by atoms with Crippen LogP contribution in [0.2, 0.25) is 0 Å². The largest absolute Gasteiger partial charge is 0.490 e. The Kier molecular flexibility index (Phi) is 4.36. The maximum absolute atomic E-state index is 12.2. The fourth-order valence-corrected chi connectivity index (χ4v) is 2.75. The van der Waals surface area contributed by atoms with Crippen LogP contribution in [0.3, 0.4) is 0 Å². The quantitative estimate of drug-likeness (QED) is 0.809. The van der Waals surface area contributed by atoms with E-state index in [9.17, 15) is 4.79 Å². The lowest BCUT2D eigenvalue weighted by atomic mass is 9.92. The molecule has 0 amide bonds.